The second kappa shape index (κ2) is 5.14. The lowest BCUT2D eigenvalue weighted by atomic mass is 10.1. The standard InChI is InChI=1S/C12H14BrFN2O/c1-8-7-16(5-4-15-8)12(17)10-3-2-9(13)6-11(10)14/h2-3,6,8,15H,4-5,7H2,1H3/t8-/m1/s1. The maximum atomic E-state index is 13.7. The van der Waals surface area contributed by atoms with Gasteiger partial charge in [-0.05, 0) is 25.1 Å². The summed E-state index contributed by atoms with van der Waals surface area (Å²) in [6, 6.07) is 4.78. The van der Waals surface area contributed by atoms with Crippen molar-refractivity contribution < 1.29 is 9.18 Å². The van der Waals surface area contributed by atoms with Crippen molar-refractivity contribution in [3.63, 3.8) is 0 Å². The molecule has 1 aliphatic heterocycles. The molecule has 0 spiro atoms. The predicted molar refractivity (Wildman–Crippen MR) is 67.5 cm³/mol. The third-order valence-corrected chi connectivity index (χ3v) is 3.31. The Bertz CT molecular complexity index is 439. The average Bonchev–Trinajstić information content (AvgIpc) is 2.28. The Balaban J connectivity index is 2.18. The van der Waals surface area contributed by atoms with Gasteiger partial charge in [-0.15, -0.1) is 0 Å². The molecule has 1 saturated heterocycles. The largest absolute Gasteiger partial charge is 0.336 e. The van der Waals surface area contributed by atoms with Gasteiger partial charge in [0.1, 0.15) is 5.82 Å². The van der Waals surface area contributed by atoms with Gasteiger partial charge in [-0.2, -0.15) is 0 Å². The van der Waals surface area contributed by atoms with Crippen molar-refractivity contribution in [2.45, 2.75) is 13.0 Å². The fourth-order valence-corrected chi connectivity index (χ4v) is 2.28. The van der Waals surface area contributed by atoms with Gasteiger partial charge in [0.2, 0.25) is 0 Å². The van der Waals surface area contributed by atoms with E-state index in [0.717, 1.165) is 6.54 Å². The molecule has 0 unspecified atom stereocenters. The summed E-state index contributed by atoms with van der Waals surface area (Å²) in [6.45, 7) is 4.01. The molecule has 0 aromatic heterocycles. The maximum Gasteiger partial charge on any atom is 0.256 e. The van der Waals surface area contributed by atoms with Gasteiger partial charge < -0.3 is 10.2 Å². The minimum absolute atomic E-state index is 0.141. The van der Waals surface area contributed by atoms with Crippen LogP contribution in [-0.4, -0.2) is 36.5 Å². The lowest BCUT2D eigenvalue weighted by Crippen LogP contribution is -2.51. The molecule has 0 radical (unpaired) electrons. The highest BCUT2D eigenvalue weighted by molar-refractivity contribution is 9.10. The van der Waals surface area contributed by atoms with Crippen LogP contribution in [0.15, 0.2) is 22.7 Å². The van der Waals surface area contributed by atoms with E-state index in [1.165, 1.54) is 12.1 Å². The number of benzene rings is 1. The Morgan fingerprint density at radius 3 is 3.00 bits per heavy atom. The smallest absolute Gasteiger partial charge is 0.256 e. The first-order chi connectivity index (χ1) is 8.08. The molecule has 1 N–H and O–H groups in total. The first-order valence-corrected chi connectivity index (χ1v) is 6.35. The zero-order valence-electron chi connectivity index (χ0n) is 9.54. The fourth-order valence-electron chi connectivity index (χ4n) is 1.95. The SMILES string of the molecule is C[C@@H]1CN(C(=O)c2ccc(Br)cc2F)CCN1. The molecule has 0 saturated carbocycles. The number of hydrogen-bond donors (Lipinski definition) is 1. The number of carbonyl (C=O) groups is 1. The first kappa shape index (κ1) is 12.5. The molecule has 92 valence electrons. The van der Waals surface area contributed by atoms with Crippen LogP contribution in [0.1, 0.15) is 17.3 Å². The Morgan fingerprint density at radius 1 is 1.59 bits per heavy atom. The van der Waals surface area contributed by atoms with Gasteiger partial charge in [0, 0.05) is 30.1 Å². The van der Waals surface area contributed by atoms with E-state index in [9.17, 15) is 9.18 Å². The summed E-state index contributed by atoms with van der Waals surface area (Å²) in [4.78, 5) is 13.8. The normalized spacial score (nSPS) is 20.4. The monoisotopic (exact) mass is 300 g/mol. The lowest BCUT2D eigenvalue weighted by molar-refractivity contribution is 0.0704. The number of rotatable bonds is 1. The quantitative estimate of drug-likeness (QED) is 0.861. The van der Waals surface area contributed by atoms with Gasteiger partial charge in [-0.1, -0.05) is 15.9 Å². The molecule has 2 rings (SSSR count). The highest BCUT2D eigenvalue weighted by atomic mass is 79.9. The predicted octanol–water partition coefficient (Wildman–Crippen LogP) is 2.02. The fraction of sp³-hybridized carbons (Fsp3) is 0.417. The zero-order valence-corrected chi connectivity index (χ0v) is 11.1. The van der Waals surface area contributed by atoms with Crippen molar-refractivity contribution in [3.8, 4) is 0 Å². The van der Waals surface area contributed by atoms with Crippen molar-refractivity contribution in [2.75, 3.05) is 19.6 Å². The molecule has 1 amide bonds. The van der Waals surface area contributed by atoms with Crippen LogP contribution < -0.4 is 5.32 Å². The minimum atomic E-state index is -0.476. The third-order valence-electron chi connectivity index (χ3n) is 2.82. The number of nitrogens with zero attached hydrogens (tertiary/aromatic N) is 1. The molecule has 0 aliphatic carbocycles. The second-order valence-corrected chi connectivity index (χ2v) is 5.15. The molecule has 0 bridgehead atoms. The van der Waals surface area contributed by atoms with Crippen LogP contribution in [0.25, 0.3) is 0 Å². The van der Waals surface area contributed by atoms with Crippen molar-refractivity contribution in [3.05, 3.63) is 34.1 Å². The Kier molecular flexibility index (Phi) is 3.79. The molecule has 3 nitrogen and oxygen atoms in total. The van der Waals surface area contributed by atoms with Gasteiger partial charge in [0.05, 0.1) is 5.56 Å². The topological polar surface area (TPSA) is 32.3 Å². The van der Waals surface area contributed by atoms with Crippen molar-refractivity contribution >= 4 is 21.8 Å². The molecular weight excluding hydrogens is 287 g/mol. The summed E-state index contributed by atoms with van der Waals surface area (Å²) < 4.78 is 14.3. The summed E-state index contributed by atoms with van der Waals surface area (Å²) in [6.07, 6.45) is 0. The second-order valence-electron chi connectivity index (χ2n) is 4.23. The van der Waals surface area contributed by atoms with Gasteiger partial charge in [0.15, 0.2) is 0 Å². The summed E-state index contributed by atoms with van der Waals surface area (Å²) in [5, 5.41) is 3.25. The number of nitrogens with one attached hydrogen (secondary N) is 1. The highest BCUT2D eigenvalue weighted by Crippen LogP contribution is 2.17. The number of amides is 1. The Labute approximate surface area is 108 Å². The van der Waals surface area contributed by atoms with Crippen LogP contribution in [0, 0.1) is 5.82 Å². The van der Waals surface area contributed by atoms with Gasteiger partial charge in [-0.3, -0.25) is 4.79 Å². The van der Waals surface area contributed by atoms with Gasteiger partial charge in [-0.25, -0.2) is 4.39 Å². The summed E-state index contributed by atoms with van der Waals surface area (Å²) in [7, 11) is 0. The summed E-state index contributed by atoms with van der Waals surface area (Å²) >= 11 is 3.18. The lowest BCUT2D eigenvalue weighted by Gasteiger charge is -2.32. The Hall–Kier alpha value is -0.940. The highest BCUT2D eigenvalue weighted by Gasteiger charge is 2.23. The molecule has 1 heterocycles. The molecule has 17 heavy (non-hydrogen) atoms. The molecule has 1 fully saturated rings. The molecule has 1 atom stereocenters. The maximum absolute atomic E-state index is 13.7. The van der Waals surface area contributed by atoms with Crippen LogP contribution in [0.3, 0.4) is 0 Å². The van der Waals surface area contributed by atoms with E-state index in [2.05, 4.69) is 21.2 Å². The van der Waals surface area contributed by atoms with E-state index in [-0.39, 0.29) is 17.5 Å². The molecule has 1 aromatic carbocycles. The molecular formula is C12H14BrFN2O. The average molecular weight is 301 g/mol. The van der Waals surface area contributed by atoms with Crippen LogP contribution in [0.2, 0.25) is 0 Å². The minimum Gasteiger partial charge on any atom is -0.336 e. The van der Waals surface area contributed by atoms with Crippen LogP contribution in [-0.2, 0) is 0 Å². The number of carbonyl (C=O) groups excluding carboxylic acids is 1. The first-order valence-electron chi connectivity index (χ1n) is 5.55. The summed E-state index contributed by atoms with van der Waals surface area (Å²) in [5.74, 6) is -0.709. The van der Waals surface area contributed by atoms with E-state index >= 15 is 0 Å². The van der Waals surface area contributed by atoms with Gasteiger partial charge in [0.25, 0.3) is 5.91 Å². The third kappa shape index (κ3) is 2.84. The van der Waals surface area contributed by atoms with E-state index in [0.29, 0.717) is 17.6 Å². The van der Waals surface area contributed by atoms with Crippen molar-refractivity contribution in [2.24, 2.45) is 0 Å². The zero-order chi connectivity index (χ0) is 12.4. The van der Waals surface area contributed by atoms with E-state index in [1.807, 2.05) is 6.92 Å². The number of hydrogen-bond acceptors (Lipinski definition) is 2. The molecule has 1 aromatic rings. The van der Waals surface area contributed by atoms with Crippen molar-refractivity contribution in [1.29, 1.82) is 0 Å². The van der Waals surface area contributed by atoms with Crippen LogP contribution >= 0.6 is 15.9 Å². The summed E-state index contributed by atoms with van der Waals surface area (Å²) in [5.41, 5.74) is 0.141. The van der Waals surface area contributed by atoms with Crippen LogP contribution in [0.5, 0.6) is 0 Å². The van der Waals surface area contributed by atoms with Crippen LogP contribution in [0.4, 0.5) is 4.39 Å². The molecule has 1 aliphatic rings. The number of halogens is 2. The Morgan fingerprint density at radius 2 is 2.35 bits per heavy atom. The molecule has 5 heteroatoms. The van der Waals surface area contributed by atoms with E-state index < -0.39 is 5.82 Å². The van der Waals surface area contributed by atoms with E-state index in [1.54, 1.807) is 11.0 Å². The number of piperazine rings is 1. The van der Waals surface area contributed by atoms with E-state index in [4.69, 9.17) is 0 Å². The van der Waals surface area contributed by atoms with Crippen molar-refractivity contribution in [1.82, 2.24) is 10.2 Å². The van der Waals surface area contributed by atoms with Gasteiger partial charge >= 0.3 is 0 Å².